The zero-order valence-corrected chi connectivity index (χ0v) is 36.8. The van der Waals surface area contributed by atoms with Crippen molar-refractivity contribution in [3.63, 3.8) is 0 Å². The third-order valence-electron chi connectivity index (χ3n) is 11.1. The molecule has 294 valence electrons. The molecule has 10 aromatic rings. The van der Waals surface area contributed by atoms with Crippen molar-refractivity contribution in [2.45, 2.75) is 52.4 Å². The fourth-order valence-corrected chi connectivity index (χ4v) is 9.02. The van der Waals surface area contributed by atoms with E-state index in [0.717, 1.165) is 77.0 Å². The number of phenolic OH excluding ortho intramolecular Hbond substituents is 1. The van der Waals surface area contributed by atoms with Gasteiger partial charge >= 0.3 is 0 Å². The second-order valence-electron chi connectivity index (χ2n) is 17.1. The van der Waals surface area contributed by atoms with Gasteiger partial charge in [-0.15, -0.1) is 29.3 Å². The molecule has 0 aliphatic rings. The van der Waals surface area contributed by atoms with Crippen molar-refractivity contribution in [3.05, 3.63) is 157 Å². The fraction of sp³-hybridized carbons (Fsp3) is 0.157. The van der Waals surface area contributed by atoms with Gasteiger partial charge in [0, 0.05) is 50.0 Å². The average Bonchev–Trinajstić information content (AvgIpc) is 3.90. The first kappa shape index (κ1) is 38.6. The van der Waals surface area contributed by atoms with Gasteiger partial charge in [-0.3, -0.25) is 9.55 Å². The Balaban J connectivity index is 0.00000449. The van der Waals surface area contributed by atoms with Crippen molar-refractivity contribution in [1.29, 1.82) is 0 Å². The van der Waals surface area contributed by atoms with Crippen LogP contribution in [0.25, 0.3) is 88.4 Å². The summed E-state index contributed by atoms with van der Waals surface area (Å²) in [7, 11) is 0. The van der Waals surface area contributed by atoms with Gasteiger partial charge in [-0.1, -0.05) is 137 Å². The second kappa shape index (κ2) is 14.4. The quantitative estimate of drug-likeness (QED) is 0.175. The van der Waals surface area contributed by atoms with Crippen molar-refractivity contribution < 1.29 is 26.2 Å². The monoisotopic (exact) mass is 967 g/mol. The molecule has 1 N–H and O–H groups in total. The number of hydrogen-bond donors (Lipinski definition) is 1. The van der Waals surface area contributed by atoms with Crippen LogP contribution < -0.4 is 0 Å². The Hall–Kier alpha value is -5.88. The standard InChI is InChI=1S/C51H42N5OS.Pt/c1-50(2,3)34-22-23-42(38(28-34)31-15-8-7-9-16-31)55-43-20-14-18-36(32-25-33(40-19-12-13-24-52-40)27-35(26-32)51(4,5)6)47(43)54-48(55)39-29-44-41(30-45(39)57)53-49-37-17-10-11-21-46(37)58-56(44)49;/h7-24,26-30,57H,1-6H3;/q-1;. The number of imidazole rings is 2. The molecular formula is C51H42N5OPtS-. The minimum Gasteiger partial charge on any atom is -0.507 e. The zero-order chi connectivity index (χ0) is 39.9. The van der Waals surface area contributed by atoms with Crippen LogP contribution in [0.5, 0.6) is 5.75 Å². The van der Waals surface area contributed by atoms with Crippen molar-refractivity contribution in [2.24, 2.45) is 0 Å². The Kier molecular flexibility index (Phi) is 9.45. The van der Waals surface area contributed by atoms with Crippen molar-refractivity contribution in [1.82, 2.24) is 23.3 Å². The van der Waals surface area contributed by atoms with E-state index in [9.17, 15) is 5.11 Å². The molecule has 0 fully saturated rings. The Morgan fingerprint density at radius 1 is 0.627 bits per heavy atom. The molecule has 0 radical (unpaired) electrons. The average molecular weight is 968 g/mol. The Bertz CT molecular complexity index is 3200. The van der Waals surface area contributed by atoms with E-state index in [1.54, 1.807) is 17.6 Å². The van der Waals surface area contributed by atoms with Crippen LogP contribution in [0, 0.1) is 6.07 Å². The van der Waals surface area contributed by atoms with Crippen LogP contribution in [0.3, 0.4) is 0 Å². The van der Waals surface area contributed by atoms with Gasteiger partial charge in [0.1, 0.15) is 11.6 Å². The van der Waals surface area contributed by atoms with Gasteiger partial charge in [-0.05, 0) is 64.4 Å². The SMILES string of the molecule is CC(C)(C)c1cc(-c2ccccn2)[c-]c(-c2cccc3c2nc(-c2cc4c(cc2O)nc2c5ccccc5sn42)n3-c2ccc(C(C)(C)C)cc2-c2ccccc2)c1.[Pt]. The van der Waals surface area contributed by atoms with Crippen LogP contribution >= 0.6 is 11.5 Å². The summed E-state index contributed by atoms with van der Waals surface area (Å²) in [6.07, 6.45) is 1.83. The van der Waals surface area contributed by atoms with Gasteiger partial charge in [0.05, 0.1) is 38.0 Å². The van der Waals surface area contributed by atoms with E-state index in [1.807, 2.05) is 30.5 Å². The Morgan fingerprint density at radius 3 is 2.14 bits per heavy atom. The van der Waals surface area contributed by atoms with Crippen molar-refractivity contribution >= 4 is 49.3 Å². The molecule has 0 saturated carbocycles. The molecular weight excluding hydrogens is 926 g/mol. The number of rotatable bonds is 5. The molecule has 6 aromatic carbocycles. The molecule has 10 rings (SSSR count). The molecule has 0 bridgehead atoms. The first-order valence-electron chi connectivity index (χ1n) is 19.7. The fourth-order valence-electron chi connectivity index (χ4n) is 7.96. The van der Waals surface area contributed by atoms with Gasteiger partial charge in [0.15, 0.2) is 5.65 Å². The van der Waals surface area contributed by atoms with Crippen molar-refractivity contribution in [3.8, 4) is 56.3 Å². The number of aromatic hydroxyl groups is 1. The first-order chi connectivity index (χ1) is 27.9. The number of aromatic nitrogens is 5. The summed E-state index contributed by atoms with van der Waals surface area (Å²) in [5.74, 6) is 0.752. The maximum Gasteiger partial charge on any atom is 0.156 e. The third-order valence-corrected chi connectivity index (χ3v) is 12.2. The molecule has 0 aliphatic carbocycles. The molecule has 6 nitrogen and oxygen atoms in total. The van der Waals surface area contributed by atoms with E-state index in [4.69, 9.17) is 15.0 Å². The summed E-state index contributed by atoms with van der Waals surface area (Å²) in [5.41, 5.74) is 13.9. The summed E-state index contributed by atoms with van der Waals surface area (Å²) >= 11 is 1.66. The molecule has 0 saturated heterocycles. The predicted octanol–water partition coefficient (Wildman–Crippen LogP) is 13.2. The number of para-hydroxylation sites is 1. The molecule has 4 aromatic heterocycles. The minimum absolute atomic E-state index is 0. The number of hydrogen-bond acceptors (Lipinski definition) is 5. The molecule has 59 heavy (non-hydrogen) atoms. The number of pyridine rings is 1. The first-order valence-corrected chi connectivity index (χ1v) is 20.4. The molecule has 4 heterocycles. The number of benzene rings is 6. The van der Waals surface area contributed by atoms with E-state index in [0.29, 0.717) is 11.4 Å². The van der Waals surface area contributed by atoms with Crippen LogP contribution in [0.1, 0.15) is 52.7 Å². The summed E-state index contributed by atoms with van der Waals surface area (Å²) in [4.78, 5) is 15.3. The molecule has 0 aliphatic heterocycles. The van der Waals surface area contributed by atoms with E-state index >= 15 is 0 Å². The molecule has 0 unspecified atom stereocenters. The van der Waals surface area contributed by atoms with E-state index in [-0.39, 0.29) is 37.6 Å². The number of phenols is 1. The molecule has 8 heteroatoms. The van der Waals surface area contributed by atoms with Crippen LogP contribution in [-0.2, 0) is 31.9 Å². The largest absolute Gasteiger partial charge is 0.507 e. The molecule has 0 atom stereocenters. The van der Waals surface area contributed by atoms with E-state index < -0.39 is 0 Å². The van der Waals surface area contributed by atoms with Crippen LogP contribution in [0.15, 0.2) is 140 Å². The van der Waals surface area contributed by atoms with Crippen LogP contribution in [0.2, 0.25) is 0 Å². The number of nitrogens with zero attached hydrogens (tertiary/aromatic N) is 5. The van der Waals surface area contributed by atoms with Gasteiger partial charge in [-0.25, -0.2) is 13.8 Å². The maximum absolute atomic E-state index is 12.0. The second-order valence-corrected chi connectivity index (χ2v) is 18.1. The van der Waals surface area contributed by atoms with E-state index in [1.165, 1.54) is 11.1 Å². The Morgan fingerprint density at radius 2 is 1.37 bits per heavy atom. The van der Waals surface area contributed by atoms with Crippen molar-refractivity contribution in [2.75, 3.05) is 0 Å². The number of fused-ring (bicyclic) bond motifs is 6. The third kappa shape index (κ3) is 6.67. The smallest absolute Gasteiger partial charge is 0.156 e. The molecule has 0 amide bonds. The topological polar surface area (TPSA) is 68.2 Å². The van der Waals surface area contributed by atoms with Gasteiger partial charge < -0.3 is 5.11 Å². The summed E-state index contributed by atoms with van der Waals surface area (Å²) in [6, 6.07) is 50.0. The summed E-state index contributed by atoms with van der Waals surface area (Å²) < 4.78 is 5.55. The van der Waals surface area contributed by atoms with Gasteiger partial charge in [-0.2, -0.15) is 0 Å². The minimum atomic E-state index is -0.129. The van der Waals surface area contributed by atoms with Crippen LogP contribution in [0.4, 0.5) is 0 Å². The van der Waals surface area contributed by atoms with Crippen LogP contribution in [-0.4, -0.2) is 28.4 Å². The summed E-state index contributed by atoms with van der Waals surface area (Å²) in [6.45, 7) is 13.4. The normalized spacial score (nSPS) is 12.2. The maximum atomic E-state index is 12.0. The van der Waals surface area contributed by atoms with Gasteiger partial charge in [0.2, 0.25) is 0 Å². The van der Waals surface area contributed by atoms with E-state index in [2.05, 4.69) is 159 Å². The Labute approximate surface area is 362 Å². The summed E-state index contributed by atoms with van der Waals surface area (Å²) in [5, 5.41) is 13.1. The van der Waals surface area contributed by atoms with Gasteiger partial charge in [0.25, 0.3) is 0 Å². The predicted molar refractivity (Wildman–Crippen MR) is 240 cm³/mol. The molecule has 0 spiro atoms. The zero-order valence-electron chi connectivity index (χ0n) is 33.7.